The molecule has 2 heterocycles. The summed E-state index contributed by atoms with van der Waals surface area (Å²) < 4.78 is 22.1. The number of hydrogen-bond donors (Lipinski definition) is 0. The highest BCUT2D eigenvalue weighted by Gasteiger charge is 2.28. The van der Waals surface area contributed by atoms with Crippen molar-refractivity contribution in [3.05, 3.63) is 35.1 Å². The maximum absolute atomic E-state index is 14.2. The minimum atomic E-state index is -0.231. The summed E-state index contributed by atoms with van der Waals surface area (Å²) in [4.78, 5) is 0. The molecule has 0 fully saturated rings. The summed E-state index contributed by atoms with van der Waals surface area (Å²) in [6, 6.07) is 5.15. The maximum atomic E-state index is 14.2. The van der Waals surface area contributed by atoms with E-state index in [0.717, 1.165) is 35.7 Å². The zero-order valence-electron chi connectivity index (χ0n) is 13.0. The lowest BCUT2D eigenvalue weighted by atomic mass is 9.97. The smallest absolute Gasteiger partial charge is 0.216 e. The number of rotatable bonds is 2. The fourth-order valence-corrected chi connectivity index (χ4v) is 2.83. The minimum Gasteiger partial charge on any atom is -0.475 e. The van der Waals surface area contributed by atoms with Crippen LogP contribution in [0.5, 0.6) is 5.88 Å². The molecule has 0 aliphatic carbocycles. The molecule has 0 amide bonds. The van der Waals surface area contributed by atoms with Crippen LogP contribution < -0.4 is 4.74 Å². The van der Waals surface area contributed by atoms with Crippen LogP contribution in [0.4, 0.5) is 4.39 Å². The van der Waals surface area contributed by atoms with E-state index in [9.17, 15) is 4.39 Å². The van der Waals surface area contributed by atoms with Crippen LogP contribution in [-0.4, -0.2) is 15.9 Å². The molecule has 0 unspecified atom stereocenters. The van der Waals surface area contributed by atoms with Gasteiger partial charge in [0.15, 0.2) is 0 Å². The Hall–Kier alpha value is -1.84. The molecule has 112 valence electrons. The quantitative estimate of drug-likeness (QED) is 0.824. The number of aryl methyl sites for hydroxylation is 2. The lowest BCUT2D eigenvalue weighted by Gasteiger charge is -2.23. The van der Waals surface area contributed by atoms with E-state index in [-0.39, 0.29) is 17.8 Å². The Bertz CT molecular complexity index is 676. The molecular weight excluding hydrogens is 267 g/mol. The van der Waals surface area contributed by atoms with Crippen LogP contribution in [0.15, 0.2) is 18.2 Å². The zero-order valence-corrected chi connectivity index (χ0v) is 13.0. The summed E-state index contributed by atoms with van der Waals surface area (Å²) in [7, 11) is 0. The summed E-state index contributed by atoms with van der Waals surface area (Å²) in [6.07, 6.45) is 1.11. The molecule has 1 aliphatic rings. The number of ether oxygens (including phenoxy) is 1. The van der Waals surface area contributed by atoms with Gasteiger partial charge in [-0.1, -0.05) is 25.5 Å². The summed E-state index contributed by atoms with van der Waals surface area (Å²) >= 11 is 0. The lowest BCUT2D eigenvalue weighted by molar-refractivity contribution is 0.147. The average molecular weight is 288 g/mol. The molecule has 1 aliphatic heterocycles. The summed E-state index contributed by atoms with van der Waals surface area (Å²) in [5.41, 5.74) is 3.32. The van der Waals surface area contributed by atoms with E-state index in [1.165, 1.54) is 6.07 Å². The Balaban J connectivity index is 2.21. The van der Waals surface area contributed by atoms with Crippen molar-refractivity contribution < 1.29 is 9.13 Å². The molecule has 3 rings (SSSR count). The Morgan fingerprint density at radius 3 is 2.86 bits per heavy atom. The molecule has 1 atom stereocenters. The van der Waals surface area contributed by atoms with Gasteiger partial charge in [-0.15, -0.1) is 0 Å². The van der Waals surface area contributed by atoms with Gasteiger partial charge in [0.25, 0.3) is 0 Å². The lowest BCUT2D eigenvalue weighted by Crippen LogP contribution is -2.23. The predicted octanol–water partition coefficient (Wildman–Crippen LogP) is 4.29. The van der Waals surface area contributed by atoms with Crippen molar-refractivity contribution in [2.45, 2.75) is 52.7 Å². The zero-order chi connectivity index (χ0) is 15.1. The van der Waals surface area contributed by atoms with E-state index < -0.39 is 0 Å². The van der Waals surface area contributed by atoms with E-state index in [1.54, 1.807) is 6.07 Å². The van der Waals surface area contributed by atoms with Crippen molar-refractivity contribution in [3.63, 3.8) is 0 Å². The first-order valence-electron chi connectivity index (χ1n) is 7.51. The third-order valence-corrected chi connectivity index (χ3v) is 3.96. The molecule has 0 radical (unpaired) electrons. The van der Waals surface area contributed by atoms with Crippen molar-refractivity contribution in [2.75, 3.05) is 0 Å². The monoisotopic (exact) mass is 288 g/mol. The first-order chi connectivity index (χ1) is 9.97. The van der Waals surface area contributed by atoms with Crippen LogP contribution in [0.25, 0.3) is 11.3 Å². The van der Waals surface area contributed by atoms with Crippen LogP contribution in [0.3, 0.4) is 0 Å². The van der Waals surface area contributed by atoms with Gasteiger partial charge in [-0.2, -0.15) is 5.10 Å². The molecule has 0 saturated heterocycles. The second kappa shape index (κ2) is 5.17. The molecular formula is C17H21FN2O. The summed E-state index contributed by atoms with van der Waals surface area (Å²) in [5.74, 6) is 0.805. The molecule has 4 heteroatoms. The first kappa shape index (κ1) is 14.1. The third kappa shape index (κ3) is 2.43. The van der Waals surface area contributed by atoms with Gasteiger partial charge in [0.05, 0.1) is 6.10 Å². The molecule has 21 heavy (non-hydrogen) atoms. The van der Waals surface area contributed by atoms with Crippen molar-refractivity contribution >= 4 is 0 Å². The van der Waals surface area contributed by atoms with Gasteiger partial charge in [0.1, 0.15) is 11.5 Å². The van der Waals surface area contributed by atoms with Crippen molar-refractivity contribution in [2.24, 2.45) is 0 Å². The van der Waals surface area contributed by atoms with Crippen LogP contribution in [-0.2, 0) is 6.54 Å². The topological polar surface area (TPSA) is 27.1 Å². The summed E-state index contributed by atoms with van der Waals surface area (Å²) in [5, 5.41) is 4.63. The van der Waals surface area contributed by atoms with Gasteiger partial charge in [-0.05, 0) is 31.9 Å². The Labute approximate surface area is 124 Å². The minimum absolute atomic E-state index is 0.182. The highest BCUT2D eigenvalue weighted by atomic mass is 19.1. The van der Waals surface area contributed by atoms with Gasteiger partial charge in [-0.3, -0.25) is 0 Å². The molecule has 0 bridgehead atoms. The highest BCUT2D eigenvalue weighted by molar-refractivity contribution is 5.67. The number of aromatic nitrogens is 2. The van der Waals surface area contributed by atoms with Crippen molar-refractivity contribution in [1.82, 2.24) is 9.78 Å². The molecule has 0 saturated carbocycles. The van der Waals surface area contributed by atoms with E-state index >= 15 is 0 Å². The molecule has 3 nitrogen and oxygen atoms in total. The van der Waals surface area contributed by atoms with Gasteiger partial charge in [-0.25, -0.2) is 9.07 Å². The molecule has 0 spiro atoms. The first-order valence-corrected chi connectivity index (χ1v) is 7.51. The van der Waals surface area contributed by atoms with Crippen molar-refractivity contribution in [3.8, 4) is 17.1 Å². The average Bonchev–Trinajstić information content (AvgIpc) is 2.79. The van der Waals surface area contributed by atoms with Gasteiger partial charge >= 0.3 is 0 Å². The maximum Gasteiger partial charge on any atom is 0.216 e. The van der Waals surface area contributed by atoms with E-state index in [0.29, 0.717) is 5.56 Å². The Morgan fingerprint density at radius 2 is 2.14 bits per heavy atom. The molecule has 0 N–H and O–H groups in total. The van der Waals surface area contributed by atoms with Gasteiger partial charge < -0.3 is 4.74 Å². The van der Waals surface area contributed by atoms with Crippen LogP contribution in [0, 0.1) is 12.7 Å². The fraction of sp³-hybridized carbons (Fsp3) is 0.471. The van der Waals surface area contributed by atoms with E-state index in [1.807, 2.05) is 17.7 Å². The van der Waals surface area contributed by atoms with Gasteiger partial charge in [0, 0.05) is 24.1 Å². The van der Waals surface area contributed by atoms with E-state index in [4.69, 9.17) is 4.74 Å². The third-order valence-electron chi connectivity index (χ3n) is 3.96. The summed E-state index contributed by atoms with van der Waals surface area (Å²) in [6.45, 7) is 9.04. The fourth-order valence-electron chi connectivity index (χ4n) is 2.83. The van der Waals surface area contributed by atoms with Crippen LogP contribution in [0.2, 0.25) is 0 Å². The predicted molar refractivity (Wildman–Crippen MR) is 81.2 cm³/mol. The normalized spacial score (nSPS) is 17.7. The molecule has 1 aromatic heterocycles. The Morgan fingerprint density at radius 1 is 1.38 bits per heavy atom. The van der Waals surface area contributed by atoms with Gasteiger partial charge in [0.2, 0.25) is 5.88 Å². The molecule has 2 aromatic rings. The SMILES string of the molecule is Cc1ccc(F)c(-c2nn3c(c2C(C)C)O[C@H](C)CC3)c1. The number of halogens is 1. The standard InChI is InChI=1S/C17H21FN2O/c1-10(2)15-16(13-9-11(3)5-6-14(13)18)19-20-8-7-12(4)21-17(15)20/h5-6,9-10,12H,7-8H2,1-4H3/t12-/m1/s1. The highest BCUT2D eigenvalue weighted by Crippen LogP contribution is 2.39. The second-order valence-electron chi connectivity index (χ2n) is 6.15. The molecule has 1 aromatic carbocycles. The number of nitrogens with zero attached hydrogens (tertiary/aromatic N) is 2. The number of fused-ring (bicyclic) bond motifs is 1. The van der Waals surface area contributed by atoms with Crippen LogP contribution in [0.1, 0.15) is 44.2 Å². The largest absolute Gasteiger partial charge is 0.475 e. The van der Waals surface area contributed by atoms with Crippen LogP contribution >= 0.6 is 0 Å². The second-order valence-corrected chi connectivity index (χ2v) is 6.15. The number of benzene rings is 1. The van der Waals surface area contributed by atoms with Crippen molar-refractivity contribution in [1.29, 1.82) is 0 Å². The Kier molecular flexibility index (Phi) is 3.47. The number of hydrogen-bond acceptors (Lipinski definition) is 2. The van der Waals surface area contributed by atoms with E-state index in [2.05, 4.69) is 25.9 Å².